The quantitative estimate of drug-likeness (QED) is 0.446. The summed E-state index contributed by atoms with van der Waals surface area (Å²) in [6.45, 7) is 8.30. The van der Waals surface area contributed by atoms with Crippen LogP contribution in [0.25, 0.3) is 5.57 Å². The van der Waals surface area contributed by atoms with Gasteiger partial charge in [-0.05, 0) is 62.3 Å². The highest BCUT2D eigenvalue weighted by molar-refractivity contribution is 6.10. The molecule has 0 spiro atoms. The number of urea groups is 1. The van der Waals surface area contributed by atoms with Crippen molar-refractivity contribution in [2.75, 3.05) is 45.2 Å². The number of rotatable bonds is 7. The number of alkyl halides is 2. The van der Waals surface area contributed by atoms with Gasteiger partial charge >= 0.3 is 6.03 Å². The van der Waals surface area contributed by atoms with Gasteiger partial charge in [0.05, 0.1) is 12.6 Å². The van der Waals surface area contributed by atoms with Gasteiger partial charge in [-0.25, -0.2) is 13.6 Å². The molecule has 228 valence electrons. The molecule has 0 bridgehead atoms. The molecule has 4 heterocycles. The highest BCUT2D eigenvalue weighted by Crippen LogP contribution is 2.42. The van der Waals surface area contributed by atoms with E-state index in [1.807, 2.05) is 11.0 Å². The van der Waals surface area contributed by atoms with Crippen molar-refractivity contribution in [3.8, 4) is 0 Å². The van der Waals surface area contributed by atoms with Crippen molar-refractivity contribution in [3.05, 3.63) is 46.3 Å². The lowest BCUT2D eigenvalue weighted by atomic mass is 9.92. The molecular weight excluding hydrogens is 538 g/mol. The number of fused-ring (bicyclic) bond motifs is 2. The van der Waals surface area contributed by atoms with E-state index >= 15 is 0 Å². The number of anilines is 2. The van der Waals surface area contributed by atoms with Crippen LogP contribution in [0.4, 0.5) is 25.1 Å². The molecule has 11 heteroatoms. The van der Waals surface area contributed by atoms with Crippen LogP contribution < -0.4 is 16.0 Å². The van der Waals surface area contributed by atoms with Gasteiger partial charge in [-0.2, -0.15) is 5.10 Å². The Morgan fingerprint density at radius 3 is 2.62 bits per heavy atom. The molecule has 3 aliphatic rings. The Hall–Kier alpha value is -3.47. The summed E-state index contributed by atoms with van der Waals surface area (Å²) in [5, 5.41) is 8.01. The molecule has 0 aliphatic carbocycles. The zero-order valence-corrected chi connectivity index (χ0v) is 25.2. The number of aromatic nitrogens is 2. The van der Waals surface area contributed by atoms with E-state index in [2.05, 4.69) is 38.6 Å². The van der Waals surface area contributed by atoms with Gasteiger partial charge in [-0.3, -0.25) is 9.67 Å². The lowest BCUT2D eigenvalue weighted by molar-refractivity contribution is 0.134. The first-order valence-corrected chi connectivity index (χ1v) is 15.2. The fourth-order valence-corrected chi connectivity index (χ4v) is 6.75. The highest BCUT2D eigenvalue weighted by Gasteiger charge is 2.35. The molecule has 1 saturated heterocycles. The third kappa shape index (κ3) is 5.63. The topological polar surface area (TPSA) is 95.0 Å². The maximum atomic E-state index is 14.5. The second-order valence-electron chi connectivity index (χ2n) is 11.6. The average Bonchev–Trinajstić information content (AvgIpc) is 3.40. The Balaban J connectivity index is 1.58. The van der Waals surface area contributed by atoms with Crippen LogP contribution in [-0.4, -0.2) is 78.1 Å². The van der Waals surface area contributed by atoms with Crippen molar-refractivity contribution in [1.29, 1.82) is 0 Å². The zero-order chi connectivity index (χ0) is 30.0. The number of piperidine rings is 1. The van der Waals surface area contributed by atoms with Crippen molar-refractivity contribution >= 4 is 29.3 Å². The van der Waals surface area contributed by atoms with E-state index in [1.54, 1.807) is 20.2 Å². The normalized spacial score (nSPS) is 19.4. The molecule has 0 saturated carbocycles. The van der Waals surface area contributed by atoms with Crippen molar-refractivity contribution in [1.82, 2.24) is 24.9 Å². The van der Waals surface area contributed by atoms with Crippen LogP contribution in [0, 0.1) is 0 Å². The van der Waals surface area contributed by atoms with Crippen LogP contribution >= 0.6 is 0 Å². The van der Waals surface area contributed by atoms with E-state index in [0.717, 1.165) is 73.5 Å². The van der Waals surface area contributed by atoms with Crippen molar-refractivity contribution in [2.45, 2.75) is 77.4 Å². The fraction of sp³-hybridized carbons (Fsp3) is 0.581. The van der Waals surface area contributed by atoms with Crippen molar-refractivity contribution in [3.63, 3.8) is 0 Å². The number of nitrogens with zero attached hydrogens (tertiary/aromatic N) is 6. The molecule has 1 aromatic heterocycles. The first kappa shape index (κ1) is 30.0. The summed E-state index contributed by atoms with van der Waals surface area (Å²) in [6.07, 6.45) is 5.67. The average molecular weight is 583 g/mol. The highest BCUT2D eigenvalue weighted by atomic mass is 19.3. The Kier molecular flexibility index (Phi) is 9.15. The minimum Gasteiger partial charge on any atom is -0.404 e. The monoisotopic (exact) mass is 582 g/mol. The number of allylic oxidation sites excluding steroid dienone is 1. The van der Waals surface area contributed by atoms with Gasteiger partial charge in [0.2, 0.25) is 0 Å². The molecule has 1 fully saturated rings. The van der Waals surface area contributed by atoms with Gasteiger partial charge in [0.15, 0.2) is 5.82 Å². The number of nitrogens with one attached hydrogen (secondary N) is 1. The van der Waals surface area contributed by atoms with Crippen LogP contribution in [-0.2, 0) is 19.4 Å². The fourth-order valence-electron chi connectivity index (χ4n) is 6.75. The third-order valence-electron chi connectivity index (χ3n) is 9.24. The number of likely N-dealkylation sites (tertiary alicyclic amines) is 1. The summed E-state index contributed by atoms with van der Waals surface area (Å²) in [5.74, 6) is 0.779. The Bertz CT molecular complexity index is 1340. The molecule has 9 nitrogen and oxygen atoms in total. The molecule has 0 radical (unpaired) electrons. The summed E-state index contributed by atoms with van der Waals surface area (Å²) in [7, 11) is 3.24. The third-order valence-corrected chi connectivity index (χ3v) is 9.24. The smallest absolute Gasteiger partial charge is 0.317 e. The van der Waals surface area contributed by atoms with Crippen molar-refractivity contribution < 1.29 is 13.6 Å². The lowest BCUT2D eigenvalue weighted by Crippen LogP contribution is -2.42. The van der Waals surface area contributed by atoms with E-state index in [1.165, 1.54) is 12.4 Å². The predicted octanol–water partition coefficient (Wildman–Crippen LogP) is 5.04. The Morgan fingerprint density at radius 2 is 1.98 bits per heavy atom. The number of benzene rings is 1. The maximum absolute atomic E-state index is 14.5. The largest absolute Gasteiger partial charge is 0.404 e. The molecule has 5 rings (SSSR count). The molecular formula is C31H44F2N8O. The number of carbonyl (C=O) groups excluding carboxylic acids is 1. The number of halogens is 2. The number of carbonyl (C=O) groups is 1. The molecule has 3 N–H and O–H groups in total. The van der Waals surface area contributed by atoms with Gasteiger partial charge in [-0.1, -0.05) is 6.92 Å². The van der Waals surface area contributed by atoms with Crippen LogP contribution in [0.5, 0.6) is 0 Å². The number of nitrogens with two attached hydrogens (primary N) is 1. The summed E-state index contributed by atoms with van der Waals surface area (Å²) >= 11 is 0. The minimum absolute atomic E-state index is 0.0741. The number of aliphatic imine (C=N–C) groups is 1. The predicted molar refractivity (Wildman–Crippen MR) is 164 cm³/mol. The number of aryl methyl sites for hydroxylation is 1. The summed E-state index contributed by atoms with van der Waals surface area (Å²) < 4.78 is 31.2. The Morgan fingerprint density at radius 1 is 1.21 bits per heavy atom. The Labute approximate surface area is 247 Å². The molecule has 1 atom stereocenters. The van der Waals surface area contributed by atoms with Gasteiger partial charge < -0.3 is 25.8 Å². The van der Waals surface area contributed by atoms with E-state index in [0.29, 0.717) is 43.2 Å². The van der Waals surface area contributed by atoms with Crippen LogP contribution in [0.1, 0.15) is 79.9 Å². The van der Waals surface area contributed by atoms with Crippen LogP contribution in [0.2, 0.25) is 0 Å². The molecule has 2 amide bonds. The van der Waals surface area contributed by atoms with E-state index < -0.39 is 6.43 Å². The van der Waals surface area contributed by atoms with Gasteiger partial charge in [0.25, 0.3) is 6.43 Å². The summed E-state index contributed by atoms with van der Waals surface area (Å²) in [4.78, 5) is 23.1. The standard InChI is InChI=1S/C31H44F2N8O/c1-5-20(2)38-12-8-23(9-13-38)41-27-10-14-39(31(42)36-4)19-26(27)30(37-41)40-11-6-7-21-15-24(22(17-34)18-35-3)25(29(32)33)16-28(21)40/h15-18,20,23,29H,5-14,19,34H2,1-4H3,(H,36,42). The molecule has 1 aromatic carbocycles. The molecule has 42 heavy (non-hydrogen) atoms. The van der Waals surface area contributed by atoms with E-state index in [9.17, 15) is 13.6 Å². The summed E-state index contributed by atoms with van der Waals surface area (Å²) in [6, 6.07) is 4.16. The summed E-state index contributed by atoms with van der Waals surface area (Å²) in [5.41, 5.74) is 10.5. The van der Waals surface area contributed by atoms with Gasteiger partial charge in [0, 0.05) is 93.2 Å². The first-order valence-electron chi connectivity index (χ1n) is 15.2. The van der Waals surface area contributed by atoms with Crippen LogP contribution in [0.15, 0.2) is 23.3 Å². The minimum atomic E-state index is -2.68. The van der Waals surface area contributed by atoms with Crippen molar-refractivity contribution in [2.24, 2.45) is 10.7 Å². The number of amides is 2. The number of hydrogen-bond acceptors (Lipinski definition) is 6. The van der Waals surface area contributed by atoms with E-state index in [-0.39, 0.29) is 17.6 Å². The second-order valence-corrected chi connectivity index (χ2v) is 11.6. The molecule has 2 aromatic rings. The van der Waals surface area contributed by atoms with Gasteiger partial charge in [0.1, 0.15) is 0 Å². The molecule has 3 aliphatic heterocycles. The maximum Gasteiger partial charge on any atom is 0.317 e. The van der Waals surface area contributed by atoms with Crippen LogP contribution in [0.3, 0.4) is 0 Å². The zero-order valence-electron chi connectivity index (χ0n) is 25.2. The lowest BCUT2D eigenvalue weighted by Gasteiger charge is -2.36. The molecule has 1 unspecified atom stereocenters. The second kappa shape index (κ2) is 12.8. The van der Waals surface area contributed by atoms with Gasteiger partial charge in [-0.15, -0.1) is 0 Å². The SMILES string of the molecule is CCC(C)N1CCC(n2nc(N3CCCc4cc(C(C=NC)=CN)c(C(F)F)cc43)c3c2CCN(C(=O)NC)C3)CC1. The number of hydrogen-bond donors (Lipinski definition) is 2. The van der Waals surface area contributed by atoms with E-state index in [4.69, 9.17) is 10.8 Å². The first-order chi connectivity index (χ1) is 20.3.